The Balaban J connectivity index is 1.98. The maximum atomic E-state index is 10.6. The van der Waals surface area contributed by atoms with Crippen molar-refractivity contribution < 1.29 is 4.79 Å². The molecule has 0 aromatic rings. The first-order chi connectivity index (χ1) is 4.83. The van der Waals surface area contributed by atoms with Gasteiger partial charge in [0.1, 0.15) is 0 Å². The van der Waals surface area contributed by atoms with Gasteiger partial charge in [0, 0.05) is 6.42 Å². The Labute approximate surface area is 60.9 Å². The van der Waals surface area contributed by atoms with Crippen LogP contribution < -0.4 is 11.3 Å². The van der Waals surface area contributed by atoms with Gasteiger partial charge in [0.25, 0.3) is 0 Å². The van der Waals surface area contributed by atoms with Crippen LogP contribution >= 0.6 is 0 Å². The van der Waals surface area contributed by atoms with Gasteiger partial charge in [0.05, 0.1) is 0 Å². The van der Waals surface area contributed by atoms with E-state index in [4.69, 9.17) is 5.84 Å². The molecule has 1 aliphatic carbocycles. The molecule has 0 spiro atoms. The number of hydrogen-bond acceptors (Lipinski definition) is 2. The topological polar surface area (TPSA) is 55.1 Å². The van der Waals surface area contributed by atoms with Gasteiger partial charge in [-0.1, -0.05) is 19.3 Å². The summed E-state index contributed by atoms with van der Waals surface area (Å²) in [6.45, 7) is 0. The lowest BCUT2D eigenvalue weighted by molar-refractivity contribution is -0.121. The highest BCUT2D eigenvalue weighted by Crippen LogP contribution is 2.30. The van der Waals surface area contributed by atoms with E-state index in [1.807, 2.05) is 0 Å². The van der Waals surface area contributed by atoms with Crippen LogP contribution in [-0.2, 0) is 4.79 Å². The summed E-state index contributed by atoms with van der Waals surface area (Å²) in [5.74, 6) is 5.69. The Bertz CT molecular complexity index is 121. The van der Waals surface area contributed by atoms with Crippen molar-refractivity contribution in [3.8, 4) is 0 Å². The minimum atomic E-state index is -0.0353. The average molecular weight is 142 g/mol. The predicted octanol–water partition coefficient (Wildman–Crippen LogP) is 0.557. The molecule has 0 aliphatic heterocycles. The number of nitrogens with two attached hydrogens (primary N) is 1. The lowest BCUT2D eigenvalue weighted by atomic mass is 9.82. The summed E-state index contributed by atoms with van der Waals surface area (Å²) in [5.41, 5.74) is 2.13. The summed E-state index contributed by atoms with van der Waals surface area (Å²) in [5, 5.41) is 0. The molecule has 3 nitrogen and oxygen atoms in total. The third-order valence-electron chi connectivity index (χ3n) is 2.17. The van der Waals surface area contributed by atoms with Crippen LogP contribution in [0.25, 0.3) is 0 Å². The molecule has 1 rings (SSSR count). The molecule has 1 saturated carbocycles. The summed E-state index contributed by atoms with van der Waals surface area (Å²) in [6, 6.07) is 0. The molecular formula is C7H14N2O. The summed E-state index contributed by atoms with van der Waals surface area (Å²) < 4.78 is 0. The molecule has 0 unspecified atom stereocenters. The molecule has 58 valence electrons. The van der Waals surface area contributed by atoms with Crippen LogP contribution in [0.3, 0.4) is 0 Å². The van der Waals surface area contributed by atoms with Gasteiger partial charge in [0.15, 0.2) is 0 Å². The average Bonchev–Trinajstić information content (AvgIpc) is 1.84. The van der Waals surface area contributed by atoms with Crippen LogP contribution in [0.15, 0.2) is 0 Å². The highest BCUT2D eigenvalue weighted by molar-refractivity contribution is 5.75. The van der Waals surface area contributed by atoms with E-state index in [9.17, 15) is 4.79 Å². The second-order valence-corrected chi connectivity index (χ2v) is 2.90. The van der Waals surface area contributed by atoms with Gasteiger partial charge in [-0.15, -0.1) is 0 Å². The third-order valence-corrected chi connectivity index (χ3v) is 2.17. The first-order valence-electron chi connectivity index (χ1n) is 3.82. The Hall–Kier alpha value is -0.570. The van der Waals surface area contributed by atoms with Crippen molar-refractivity contribution in [2.75, 3.05) is 0 Å². The van der Waals surface area contributed by atoms with Crippen LogP contribution in [0, 0.1) is 5.92 Å². The van der Waals surface area contributed by atoms with E-state index < -0.39 is 0 Å². The first kappa shape index (κ1) is 7.54. The van der Waals surface area contributed by atoms with Crippen molar-refractivity contribution in [2.45, 2.75) is 32.1 Å². The van der Waals surface area contributed by atoms with E-state index in [-0.39, 0.29) is 5.91 Å². The third kappa shape index (κ3) is 1.99. The smallest absolute Gasteiger partial charge is 0.233 e. The van der Waals surface area contributed by atoms with Crippen molar-refractivity contribution in [3.63, 3.8) is 0 Å². The van der Waals surface area contributed by atoms with Crippen molar-refractivity contribution in [1.29, 1.82) is 0 Å². The summed E-state index contributed by atoms with van der Waals surface area (Å²) in [7, 11) is 0. The van der Waals surface area contributed by atoms with Gasteiger partial charge in [-0.25, -0.2) is 5.84 Å². The van der Waals surface area contributed by atoms with E-state index in [1.54, 1.807) is 0 Å². The largest absolute Gasteiger partial charge is 0.294 e. The first-order valence-corrected chi connectivity index (χ1v) is 3.82. The fourth-order valence-electron chi connectivity index (χ4n) is 1.19. The Morgan fingerprint density at radius 2 is 2.30 bits per heavy atom. The molecule has 0 heterocycles. The molecule has 10 heavy (non-hydrogen) atoms. The monoisotopic (exact) mass is 142 g/mol. The van der Waals surface area contributed by atoms with Crippen LogP contribution in [-0.4, -0.2) is 5.91 Å². The van der Waals surface area contributed by atoms with E-state index in [1.165, 1.54) is 19.3 Å². The number of carbonyl (C=O) groups is 1. The lowest BCUT2D eigenvalue weighted by Crippen LogP contribution is -2.30. The SMILES string of the molecule is NNC(=O)CCC1CCC1. The molecule has 1 amide bonds. The van der Waals surface area contributed by atoms with Gasteiger partial charge >= 0.3 is 0 Å². The van der Waals surface area contributed by atoms with Crippen LogP contribution in [0.1, 0.15) is 32.1 Å². The number of hydrogen-bond donors (Lipinski definition) is 2. The number of nitrogens with one attached hydrogen (secondary N) is 1. The predicted molar refractivity (Wildman–Crippen MR) is 38.9 cm³/mol. The highest BCUT2D eigenvalue weighted by atomic mass is 16.2. The van der Waals surface area contributed by atoms with Crippen molar-refractivity contribution >= 4 is 5.91 Å². The Kier molecular flexibility index (Phi) is 2.68. The zero-order valence-corrected chi connectivity index (χ0v) is 6.10. The molecule has 1 aliphatic rings. The zero-order valence-electron chi connectivity index (χ0n) is 6.10. The highest BCUT2D eigenvalue weighted by Gasteiger charge is 2.17. The Morgan fingerprint density at radius 3 is 2.70 bits per heavy atom. The fourth-order valence-corrected chi connectivity index (χ4v) is 1.19. The van der Waals surface area contributed by atoms with Gasteiger partial charge in [0.2, 0.25) is 5.91 Å². The van der Waals surface area contributed by atoms with Gasteiger partial charge < -0.3 is 0 Å². The maximum absolute atomic E-state index is 10.6. The minimum Gasteiger partial charge on any atom is -0.294 e. The molecule has 3 heteroatoms. The quantitative estimate of drug-likeness (QED) is 0.343. The van der Waals surface area contributed by atoms with Crippen LogP contribution in [0.2, 0.25) is 0 Å². The molecule has 0 bridgehead atoms. The molecular weight excluding hydrogens is 128 g/mol. The summed E-state index contributed by atoms with van der Waals surface area (Å²) in [4.78, 5) is 10.6. The number of rotatable bonds is 3. The van der Waals surface area contributed by atoms with E-state index in [0.29, 0.717) is 6.42 Å². The van der Waals surface area contributed by atoms with Gasteiger partial charge in [-0.2, -0.15) is 0 Å². The molecule has 0 radical (unpaired) electrons. The molecule has 0 saturated heterocycles. The second-order valence-electron chi connectivity index (χ2n) is 2.90. The summed E-state index contributed by atoms with van der Waals surface area (Å²) >= 11 is 0. The molecule has 3 N–H and O–H groups in total. The normalized spacial score (nSPS) is 18.1. The minimum absolute atomic E-state index is 0.0353. The molecule has 0 aromatic heterocycles. The van der Waals surface area contributed by atoms with Crippen molar-refractivity contribution in [1.82, 2.24) is 5.43 Å². The van der Waals surface area contributed by atoms with Crippen LogP contribution in [0.4, 0.5) is 0 Å². The summed E-state index contributed by atoms with van der Waals surface area (Å²) in [6.07, 6.45) is 5.56. The van der Waals surface area contributed by atoms with Crippen molar-refractivity contribution in [2.24, 2.45) is 11.8 Å². The van der Waals surface area contributed by atoms with E-state index in [2.05, 4.69) is 5.43 Å². The number of carbonyl (C=O) groups excluding carboxylic acids is 1. The van der Waals surface area contributed by atoms with Gasteiger partial charge in [-0.3, -0.25) is 10.2 Å². The van der Waals surface area contributed by atoms with E-state index >= 15 is 0 Å². The fraction of sp³-hybridized carbons (Fsp3) is 0.857. The zero-order chi connectivity index (χ0) is 7.40. The Morgan fingerprint density at radius 1 is 1.60 bits per heavy atom. The number of amides is 1. The second kappa shape index (κ2) is 3.56. The number of hydrazine groups is 1. The van der Waals surface area contributed by atoms with Gasteiger partial charge in [-0.05, 0) is 12.3 Å². The van der Waals surface area contributed by atoms with Crippen molar-refractivity contribution in [3.05, 3.63) is 0 Å². The maximum Gasteiger partial charge on any atom is 0.233 e. The molecule has 0 atom stereocenters. The van der Waals surface area contributed by atoms with E-state index in [0.717, 1.165) is 12.3 Å². The lowest BCUT2D eigenvalue weighted by Gasteiger charge is -2.24. The standard InChI is InChI=1S/C7H14N2O/c8-9-7(10)5-4-6-2-1-3-6/h6H,1-5,8H2,(H,9,10). The molecule has 1 fully saturated rings. The van der Waals surface area contributed by atoms with Crippen LogP contribution in [0.5, 0.6) is 0 Å². The molecule has 0 aromatic carbocycles.